The summed E-state index contributed by atoms with van der Waals surface area (Å²) in [6.07, 6.45) is -0.849. The van der Waals surface area contributed by atoms with E-state index in [1.165, 1.54) is 17.7 Å². The van der Waals surface area contributed by atoms with Gasteiger partial charge in [0.05, 0.1) is 23.7 Å². The molecule has 9 nitrogen and oxygen atoms in total. The van der Waals surface area contributed by atoms with Crippen LogP contribution < -0.4 is 10.0 Å². The number of aryl methyl sites for hydroxylation is 1. The summed E-state index contributed by atoms with van der Waals surface area (Å²) < 4.78 is 42.7. The zero-order valence-corrected chi connectivity index (χ0v) is 32.7. The molecule has 1 aliphatic heterocycles. The number of aliphatic hydroxyl groups excluding tert-OH is 1. The van der Waals surface area contributed by atoms with E-state index in [1.54, 1.807) is 12.1 Å². The topological polar surface area (TPSA) is 117 Å². The number of amides is 1. The van der Waals surface area contributed by atoms with E-state index in [1.807, 2.05) is 91.9 Å². The van der Waals surface area contributed by atoms with E-state index in [0.717, 1.165) is 33.4 Å². The second-order valence-electron chi connectivity index (χ2n) is 14.5. The van der Waals surface area contributed by atoms with E-state index in [0.29, 0.717) is 6.54 Å². The van der Waals surface area contributed by atoms with E-state index in [9.17, 15) is 18.3 Å². The molecular formula is C45H51N3O6S. The molecule has 6 rings (SSSR count). The molecule has 1 heterocycles. The third-order valence-electron chi connectivity index (χ3n) is 10.5. The highest BCUT2D eigenvalue weighted by Gasteiger charge is 2.39. The van der Waals surface area contributed by atoms with Gasteiger partial charge in [0.2, 0.25) is 15.9 Å². The van der Waals surface area contributed by atoms with E-state index in [-0.39, 0.29) is 48.6 Å². The number of likely N-dealkylation sites (N-methyl/N-ethyl adjacent to an activating group) is 1. The molecule has 1 amide bonds. The molecule has 0 aromatic heterocycles. The van der Waals surface area contributed by atoms with Gasteiger partial charge in [-0.15, -0.1) is 0 Å². The Morgan fingerprint density at radius 3 is 2.02 bits per heavy atom. The Hall–Kier alpha value is -4.68. The summed E-state index contributed by atoms with van der Waals surface area (Å²) in [6.45, 7) is 7.10. The minimum absolute atomic E-state index is 0.0264. The van der Waals surface area contributed by atoms with Gasteiger partial charge in [-0.25, -0.2) is 8.42 Å². The van der Waals surface area contributed by atoms with Crippen LogP contribution in [0.4, 0.5) is 0 Å². The Labute approximate surface area is 325 Å². The number of hydrogen-bond acceptors (Lipinski definition) is 7. The number of ether oxygens (including phenoxy) is 2. The van der Waals surface area contributed by atoms with Crippen LogP contribution in [-0.4, -0.2) is 50.1 Å². The second kappa shape index (κ2) is 18.3. The summed E-state index contributed by atoms with van der Waals surface area (Å²) in [5, 5.41) is 12.6. The Balaban J connectivity index is 1.16. The molecule has 55 heavy (non-hydrogen) atoms. The van der Waals surface area contributed by atoms with Crippen molar-refractivity contribution in [3.05, 3.63) is 172 Å². The number of nitrogens with zero attached hydrogens (tertiary/aromatic N) is 1. The van der Waals surface area contributed by atoms with Gasteiger partial charge in [-0.1, -0.05) is 134 Å². The molecule has 0 bridgehead atoms. The van der Waals surface area contributed by atoms with Crippen molar-refractivity contribution in [3.8, 4) is 0 Å². The standard InChI is InChI=1S/C45H51N3O6S/c1-31-15-25-40(26-16-31)55(51,52)47-41(27-34-11-7-5-8-12-34)44(50)46-28-35-17-23-39(24-18-35)45-53-42(29-48(4)33(3)37-13-9-6-10-14-37)32(2)43(54-45)38-21-19-36(30-49)20-22-38/h5-26,32-33,41-43,45,47,49H,27-30H2,1-4H3,(H,46,50). The van der Waals surface area contributed by atoms with Crippen molar-refractivity contribution in [2.24, 2.45) is 5.92 Å². The Bertz CT molecular complexity index is 2080. The predicted molar refractivity (Wildman–Crippen MR) is 214 cm³/mol. The van der Waals surface area contributed by atoms with Crippen molar-refractivity contribution in [1.29, 1.82) is 0 Å². The van der Waals surface area contributed by atoms with Crippen LogP contribution in [0, 0.1) is 12.8 Å². The molecular weight excluding hydrogens is 711 g/mol. The van der Waals surface area contributed by atoms with Gasteiger partial charge in [0.25, 0.3) is 0 Å². The largest absolute Gasteiger partial charge is 0.392 e. The molecule has 1 fully saturated rings. The van der Waals surface area contributed by atoms with Gasteiger partial charge in [-0.05, 0) is 67.3 Å². The van der Waals surface area contributed by atoms with Gasteiger partial charge in [-0.3, -0.25) is 9.69 Å². The first kappa shape index (κ1) is 40.0. The number of carbonyl (C=O) groups excluding carboxylic acids is 1. The number of rotatable bonds is 15. The fourth-order valence-electron chi connectivity index (χ4n) is 6.87. The number of benzene rings is 5. The normalized spacial score (nSPS) is 19.8. The van der Waals surface area contributed by atoms with Gasteiger partial charge >= 0.3 is 0 Å². The van der Waals surface area contributed by atoms with Crippen LogP contribution in [0.3, 0.4) is 0 Å². The van der Waals surface area contributed by atoms with Crippen molar-refractivity contribution in [2.75, 3.05) is 13.6 Å². The maximum Gasteiger partial charge on any atom is 0.241 e. The third-order valence-corrected chi connectivity index (χ3v) is 12.0. The molecule has 1 aliphatic rings. The summed E-state index contributed by atoms with van der Waals surface area (Å²) in [6, 6.07) is 41.1. The maximum atomic E-state index is 13.6. The van der Waals surface area contributed by atoms with Crippen molar-refractivity contribution in [1.82, 2.24) is 14.9 Å². The molecule has 5 aromatic rings. The zero-order chi connectivity index (χ0) is 39.0. The van der Waals surface area contributed by atoms with Crippen molar-refractivity contribution in [2.45, 2.75) is 75.8 Å². The lowest BCUT2D eigenvalue weighted by atomic mass is 9.89. The number of nitrogens with one attached hydrogen (secondary N) is 2. The Morgan fingerprint density at radius 2 is 1.38 bits per heavy atom. The second-order valence-corrected chi connectivity index (χ2v) is 16.2. The van der Waals surface area contributed by atoms with E-state index in [2.05, 4.69) is 60.1 Å². The molecule has 6 atom stereocenters. The minimum atomic E-state index is -3.96. The summed E-state index contributed by atoms with van der Waals surface area (Å²) in [5.41, 5.74) is 6.54. The number of aliphatic hydroxyl groups is 1. The maximum absolute atomic E-state index is 13.6. The monoisotopic (exact) mass is 761 g/mol. The first-order valence-electron chi connectivity index (χ1n) is 18.8. The van der Waals surface area contributed by atoms with Crippen molar-refractivity contribution >= 4 is 15.9 Å². The van der Waals surface area contributed by atoms with Gasteiger partial charge in [0, 0.05) is 30.6 Å². The number of carbonyl (C=O) groups is 1. The van der Waals surface area contributed by atoms with Gasteiger partial charge in [-0.2, -0.15) is 4.72 Å². The molecule has 10 heteroatoms. The smallest absolute Gasteiger partial charge is 0.241 e. The van der Waals surface area contributed by atoms with Crippen LogP contribution in [-0.2, 0) is 43.9 Å². The number of hydrogen-bond donors (Lipinski definition) is 3. The lowest BCUT2D eigenvalue weighted by Crippen LogP contribution is -2.47. The summed E-state index contributed by atoms with van der Waals surface area (Å²) in [4.78, 5) is 16.0. The lowest BCUT2D eigenvalue weighted by molar-refractivity contribution is -0.276. The van der Waals surface area contributed by atoms with Crippen LogP contribution in [0.2, 0.25) is 0 Å². The highest BCUT2D eigenvalue weighted by molar-refractivity contribution is 7.89. The molecule has 1 saturated heterocycles. The fraction of sp³-hybridized carbons (Fsp3) is 0.311. The Kier molecular flexibility index (Phi) is 13.3. The molecule has 0 saturated carbocycles. The minimum Gasteiger partial charge on any atom is -0.392 e. The van der Waals surface area contributed by atoms with Crippen LogP contribution in [0.5, 0.6) is 0 Å². The van der Waals surface area contributed by atoms with Crippen LogP contribution in [0.15, 0.2) is 138 Å². The highest BCUT2D eigenvalue weighted by atomic mass is 32.2. The fourth-order valence-corrected chi connectivity index (χ4v) is 8.07. The lowest BCUT2D eigenvalue weighted by Gasteiger charge is -2.43. The predicted octanol–water partition coefficient (Wildman–Crippen LogP) is 7.18. The molecule has 0 spiro atoms. The summed E-state index contributed by atoms with van der Waals surface area (Å²) in [5.74, 6) is -0.397. The van der Waals surface area contributed by atoms with E-state index >= 15 is 0 Å². The number of sulfonamides is 1. The summed E-state index contributed by atoms with van der Waals surface area (Å²) in [7, 11) is -1.84. The molecule has 288 valence electrons. The first-order chi connectivity index (χ1) is 26.5. The van der Waals surface area contributed by atoms with Crippen LogP contribution in [0.25, 0.3) is 0 Å². The third kappa shape index (κ3) is 10.3. The quantitative estimate of drug-likeness (QED) is 0.104. The van der Waals surface area contributed by atoms with E-state index < -0.39 is 28.3 Å². The Morgan fingerprint density at radius 1 is 0.782 bits per heavy atom. The van der Waals surface area contributed by atoms with Gasteiger partial charge in [0.1, 0.15) is 6.04 Å². The highest BCUT2D eigenvalue weighted by Crippen LogP contribution is 2.42. The average molecular weight is 762 g/mol. The van der Waals surface area contributed by atoms with Crippen LogP contribution in [0.1, 0.15) is 71.2 Å². The molecule has 5 aromatic carbocycles. The average Bonchev–Trinajstić information content (AvgIpc) is 3.21. The van der Waals surface area contributed by atoms with E-state index in [4.69, 9.17) is 9.47 Å². The first-order valence-corrected chi connectivity index (χ1v) is 20.2. The van der Waals surface area contributed by atoms with Gasteiger partial charge < -0.3 is 19.9 Å². The van der Waals surface area contributed by atoms with Gasteiger partial charge in [0.15, 0.2) is 6.29 Å². The van der Waals surface area contributed by atoms with Crippen molar-refractivity contribution < 1.29 is 27.8 Å². The summed E-state index contributed by atoms with van der Waals surface area (Å²) >= 11 is 0. The SMILES string of the molecule is Cc1ccc(S(=O)(=O)NC(Cc2ccccc2)C(=O)NCc2ccc(C3OC(CN(C)C(C)c4ccccc4)C(C)C(c4ccc(CO)cc4)O3)cc2)cc1. The zero-order valence-electron chi connectivity index (χ0n) is 31.8. The molecule has 0 aliphatic carbocycles. The molecule has 0 radical (unpaired) electrons. The van der Waals surface area contributed by atoms with Crippen molar-refractivity contribution in [3.63, 3.8) is 0 Å². The molecule has 3 N–H and O–H groups in total. The van der Waals surface area contributed by atoms with Crippen LogP contribution >= 0.6 is 0 Å². The molecule has 6 unspecified atom stereocenters.